The first-order valence-corrected chi connectivity index (χ1v) is 4.20. The summed E-state index contributed by atoms with van der Waals surface area (Å²) in [4.78, 5) is 10.8. The van der Waals surface area contributed by atoms with E-state index in [1.54, 1.807) is 6.92 Å². The molecule has 0 amide bonds. The van der Waals surface area contributed by atoms with Crippen LogP contribution in [0.2, 0.25) is 0 Å². The van der Waals surface area contributed by atoms with Crippen molar-refractivity contribution in [3.05, 3.63) is 0 Å². The zero-order valence-electron chi connectivity index (χ0n) is 7.65. The molecule has 0 aliphatic rings. The van der Waals surface area contributed by atoms with Gasteiger partial charge in [0.25, 0.3) is 0 Å². The Hall–Kier alpha value is -0.740. The summed E-state index contributed by atoms with van der Waals surface area (Å²) in [6.45, 7) is 3.47. The number of hydrogen-bond donors (Lipinski definition) is 0. The molecule has 2 nitrogen and oxygen atoms in total. The lowest BCUT2D eigenvalue weighted by Gasteiger charge is -2.13. The molecule has 0 saturated heterocycles. The Bertz CT molecular complexity index is 165. The summed E-state index contributed by atoms with van der Waals surface area (Å²) in [7, 11) is 0. The lowest BCUT2D eigenvalue weighted by molar-refractivity contribution is -0.308. The number of halogens is 3. The molecule has 0 aromatic rings. The molecule has 0 aromatic carbocycles. The number of alkyl halides is 3. The van der Waals surface area contributed by atoms with E-state index in [2.05, 4.69) is 4.74 Å². The fraction of sp³-hybridized carbons (Fsp3) is 0.875. The second-order valence-electron chi connectivity index (χ2n) is 2.76. The number of ether oxygens (including phenoxy) is 1. The summed E-state index contributed by atoms with van der Waals surface area (Å²) in [6.07, 6.45) is -3.36. The second kappa shape index (κ2) is 5.09. The number of rotatable bonds is 4. The molecule has 0 aromatic heterocycles. The molecule has 0 bridgehead atoms. The summed E-state index contributed by atoms with van der Waals surface area (Å²) in [5, 5.41) is 0. The van der Waals surface area contributed by atoms with E-state index in [0.29, 0.717) is 19.3 Å². The summed E-state index contributed by atoms with van der Waals surface area (Å²) in [6, 6.07) is 0. The highest BCUT2D eigenvalue weighted by atomic mass is 19.4. The maximum atomic E-state index is 11.6. The van der Waals surface area contributed by atoms with Gasteiger partial charge in [0, 0.05) is 0 Å². The van der Waals surface area contributed by atoms with Crippen molar-refractivity contribution in [2.24, 2.45) is 5.92 Å². The van der Waals surface area contributed by atoms with Crippen molar-refractivity contribution in [2.45, 2.75) is 39.5 Å². The van der Waals surface area contributed by atoms with Gasteiger partial charge in [-0.25, -0.2) is 0 Å². The van der Waals surface area contributed by atoms with Crippen LogP contribution in [-0.2, 0) is 9.53 Å². The smallest absolute Gasteiger partial charge is 0.373 e. The lowest BCUT2D eigenvalue weighted by Crippen LogP contribution is -2.25. The van der Waals surface area contributed by atoms with Crippen LogP contribution in [-0.4, -0.2) is 12.3 Å². The maximum Gasteiger partial charge on any atom is 0.575 e. The highest BCUT2D eigenvalue weighted by Crippen LogP contribution is 2.21. The van der Waals surface area contributed by atoms with Crippen LogP contribution in [0.3, 0.4) is 0 Å². The predicted octanol–water partition coefficient (Wildman–Crippen LogP) is 2.88. The fourth-order valence-electron chi connectivity index (χ4n) is 1.03. The van der Waals surface area contributed by atoms with Crippen LogP contribution >= 0.6 is 0 Å². The predicted molar refractivity (Wildman–Crippen MR) is 40.8 cm³/mol. The van der Waals surface area contributed by atoms with Gasteiger partial charge in [0.05, 0.1) is 5.92 Å². The van der Waals surface area contributed by atoms with Crippen LogP contribution < -0.4 is 0 Å². The fourth-order valence-corrected chi connectivity index (χ4v) is 1.03. The SMILES string of the molecule is CCCC(CC)C(=O)OC(F)(F)F. The van der Waals surface area contributed by atoms with Crippen molar-refractivity contribution in [1.29, 1.82) is 0 Å². The summed E-state index contributed by atoms with van der Waals surface area (Å²) in [5.74, 6) is -1.80. The zero-order chi connectivity index (χ0) is 10.5. The minimum absolute atomic E-state index is 0.378. The van der Waals surface area contributed by atoms with Gasteiger partial charge in [0.2, 0.25) is 0 Å². The van der Waals surface area contributed by atoms with Crippen molar-refractivity contribution in [1.82, 2.24) is 0 Å². The van der Waals surface area contributed by atoms with Gasteiger partial charge in [0.1, 0.15) is 0 Å². The molecule has 5 heteroatoms. The first-order chi connectivity index (χ1) is 5.90. The van der Waals surface area contributed by atoms with E-state index >= 15 is 0 Å². The molecule has 0 heterocycles. The van der Waals surface area contributed by atoms with E-state index in [1.165, 1.54) is 0 Å². The molecule has 78 valence electrons. The van der Waals surface area contributed by atoms with Crippen molar-refractivity contribution in [2.75, 3.05) is 0 Å². The van der Waals surface area contributed by atoms with E-state index in [1.807, 2.05) is 6.92 Å². The second-order valence-corrected chi connectivity index (χ2v) is 2.76. The highest BCUT2D eigenvalue weighted by Gasteiger charge is 2.36. The number of esters is 1. The standard InChI is InChI=1S/C8H13F3O2/c1-3-5-6(4-2)7(12)13-8(9,10)11/h6H,3-5H2,1-2H3. The van der Waals surface area contributed by atoms with Gasteiger partial charge in [-0.15, -0.1) is 13.2 Å². The number of carbonyl (C=O) groups excluding carboxylic acids is 1. The Balaban J connectivity index is 4.06. The minimum atomic E-state index is -4.85. The molecule has 0 spiro atoms. The molecule has 0 rings (SSSR count). The monoisotopic (exact) mass is 198 g/mol. The van der Waals surface area contributed by atoms with Gasteiger partial charge < -0.3 is 4.74 Å². The largest absolute Gasteiger partial charge is 0.575 e. The van der Waals surface area contributed by atoms with Gasteiger partial charge in [-0.05, 0) is 12.8 Å². The van der Waals surface area contributed by atoms with Crippen LogP contribution in [0.15, 0.2) is 0 Å². The molecular weight excluding hydrogens is 185 g/mol. The molecule has 0 radical (unpaired) electrons. The first-order valence-electron chi connectivity index (χ1n) is 4.20. The summed E-state index contributed by atoms with van der Waals surface area (Å²) >= 11 is 0. The summed E-state index contributed by atoms with van der Waals surface area (Å²) < 4.78 is 38.1. The highest BCUT2D eigenvalue weighted by molar-refractivity contribution is 5.72. The van der Waals surface area contributed by atoms with Gasteiger partial charge in [-0.1, -0.05) is 20.3 Å². The van der Waals surface area contributed by atoms with E-state index in [-0.39, 0.29) is 0 Å². The third-order valence-electron chi connectivity index (χ3n) is 1.68. The van der Waals surface area contributed by atoms with E-state index < -0.39 is 18.2 Å². The molecule has 0 saturated carbocycles. The Morgan fingerprint density at radius 1 is 1.38 bits per heavy atom. The average molecular weight is 198 g/mol. The Morgan fingerprint density at radius 2 is 1.92 bits per heavy atom. The van der Waals surface area contributed by atoms with Crippen LogP contribution in [0.25, 0.3) is 0 Å². The van der Waals surface area contributed by atoms with E-state index in [9.17, 15) is 18.0 Å². The van der Waals surface area contributed by atoms with E-state index in [4.69, 9.17) is 0 Å². The maximum absolute atomic E-state index is 11.6. The van der Waals surface area contributed by atoms with Crippen LogP contribution in [0, 0.1) is 5.92 Å². The van der Waals surface area contributed by atoms with Crippen molar-refractivity contribution < 1.29 is 22.7 Å². The Kier molecular flexibility index (Phi) is 4.80. The molecule has 1 atom stereocenters. The average Bonchev–Trinajstić information content (AvgIpc) is 1.96. The lowest BCUT2D eigenvalue weighted by atomic mass is 10.0. The number of carbonyl (C=O) groups is 1. The van der Waals surface area contributed by atoms with Gasteiger partial charge in [0.15, 0.2) is 0 Å². The molecule has 0 aliphatic carbocycles. The normalized spacial score (nSPS) is 13.9. The molecule has 1 unspecified atom stereocenters. The molecule has 13 heavy (non-hydrogen) atoms. The van der Waals surface area contributed by atoms with Gasteiger partial charge >= 0.3 is 12.3 Å². The Labute approximate surface area is 75.1 Å². The Morgan fingerprint density at radius 3 is 2.23 bits per heavy atom. The van der Waals surface area contributed by atoms with Crippen LogP contribution in [0.5, 0.6) is 0 Å². The quantitative estimate of drug-likeness (QED) is 0.649. The zero-order valence-corrected chi connectivity index (χ0v) is 7.65. The molecule has 0 N–H and O–H groups in total. The topological polar surface area (TPSA) is 26.3 Å². The number of hydrogen-bond acceptors (Lipinski definition) is 2. The van der Waals surface area contributed by atoms with Crippen molar-refractivity contribution >= 4 is 5.97 Å². The third kappa shape index (κ3) is 5.49. The minimum Gasteiger partial charge on any atom is -0.373 e. The van der Waals surface area contributed by atoms with Crippen LogP contribution in [0.1, 0.15) is 33.1 Å². The first kappa shape index (κ1) is 12.3. The van der Waals surface area contributed by atoms with Crippen molar-refractivity contribution in [3.8, 4) is 0 Å². The molecular formula is C8H13F3O2. The molecule has 0 fully saturated rings. The third-order valence-corrected chi connectivity index (χ3v) is 1.68. The van der Waals surface area contributed by atoms with Gasteiger partial charge in [-0.2, -0.15) is 0 Å². The van der Waals surface area contributed by atoms with Crippen LogP contribution in [0.4, 0.5) is 13.2 Å². The molecule has 0 aliphatic heterocycles. The van der Waals surface area contributed by atoms with Gasteiger partial charge in [-0.3, -0.25) is 4.79 Å². The van der Waals surface area contributed by atoms with Crippen molar-refractivity contribution in [3.63, 3.8) is 0 Å². The van der Waals surface area contributed by atoms with E-state index in [0.717, 1.165) is 0 Å². The summed E-state index contributed by atoms with van der Waals surface area (Å²) in [5.41, 5.74) is 0.